The number of piperazine rings is 1. The van der Waals surface area contributed by atoms with E-state index in [1.165, 1.54) is 29.2 Å². The SMILES string of the molecule is C=C(C=N/C(=C/c1c2c3cc(c(F)cc3n1CC(F)(F)F)-c1csc(n1)C[C@H](NC(=O)[C@@H](COC1CN(C(=O)[C@H](F)Cl)C1)C(C)C)C(=O)N1CCC[C@H](N1)C(=O)OCC(C)(C)C2)[C@H](C)OC)N1CCN(C)CC1. The summed E-state index contributed by atoms with van der Waals surface area (Å²) < 4.78 is 93.0. The minimum atomic E-state index is -4.74. The molecule has 0 unspecified atom stereocenters. The number of aromatic nitrogens is 2. The van der Waals surface area contributed by atoms with Crippen LogP contribution in [0.15, 0.2) is 40.5 Å². The van der Waals surface area contributed by atoms with E-state index in [1.807, 2.05) is 34.7 Å². The Kier molecular flexibility index (Phi) is 17.8. The van der Waals surface area contributed by atoms with Crippen LogP contribution in [0.25, 0.3) is 28.2 Å². The number of fused-ring (bicyclic) bond motifs is 6. The molecule has 23 heteroatoms. The van der Waals surface area contributed by atoms with E-state index in [4.69, 9.17) is 35.8 Å². The Morgan fingerprint density at radius 1 is 1.12 bits per heavy atom. The van der Waals surface area contributed by atoms with Crippen LogP contribution in [-0.2, 0) is 52.8 Å². The summed E-state index contributed by atoms with van der Waals surface area (Å²) in [6.07, 6.45) is -2.17. The third kappa shape index (κ3) is 13.7. The van der Waals surface area contributed by atoms with Crippen molar-refractivity contribution in [2.45, 2.75) is 103 Å². The smallest absolute Gasteiger partial charge is 0.406 e. The van der Waals surface area contributed by atoms with E-state index in [2.05, 4.69) is 27.1 Å². The first-order valence-corrected chi connectivity index (χ1v) is 25.7. The number of rotatable bonds is 14. The van der Waals surface area contributed by atoms with Crippen LogP contribution in [-0.4, -0.2) is 168 Å². The average Bonchev–Trinajstić information content (AvgIpc) is 3.88. The number of carbonyl (C=O) groups excluding carboxylic acids is 4. The summed E-state index contributed by atoms with van der Waals surface area (Å²) in [6.45, 7) is 14.9. The number of likely N-dealkylation sites (N-methyl/N-ethyl adjacent to an activating group) is 1. The summed E-state index contributed by atoms with van der Waals surface area (Å²) in [7, 11) is 3.49. The second-order valence-corrected chi connectivity index (χ2v) is 21.7. The predicted molar refractivity (Wildman–Crippen MR) is 268 cm³/mol. The minimum Gasteiger partial charge on any atom is -0.464 e. The fourth-order valence-electron chi connectivity index (χ4n) is 9.25. The number of likely N-dealkylation sites (tertiary alicyclic amines) is 1. The number of methoxy groups -OCH3 is 1. The van der Waals surface area contributed by atoms with E-state index in [-0.39, 0.29) is 79.8 Å². The van der Waals surface area contributed by atoms with Gasteiger partial charge < -0.3 is 38.8 Å². The van der Waals surface area contributed by atoms with Crippen LogP contribution in [0.3, 0.4) is 0 Å². The lowest BCUT2D eigenvalue weighted by atomic mass is 9.85. The maximum Gasteiger partial charge on any atom is 0.406 e. The molecule has 2 N–H and O–H groups in total. The van der Waals surface area contributed by atoms with Gasteiger partial charge in [0.25, 0.3) is 17.4 Å². The highest BCUT2D eigenvalue weighted by Crippen LogP contribution is 2.40. The van der Waals surface area contributed by atoms with E-state index >= 15 is 4.39 Å². The van der Waals surface area contributed by atoms with Crippen LogP contribution < -0.4 is 10.7 Å². The number of amides is 3. The Morgan fingerprint density at radius 3 is 2.49 bits per heavy atom. The molecule has 0 radical (unpaired) electrons. The van der Waals surface area contributed by atoms with E-state index < -0.39 is 83.5 Å². The van der Waals surface area contributed by atoms with Gasteiger partial charge in [-0.3, -0.25) is 29.2 Å². The van der Waals surface area contributed by atoms with Gasteiger partial charge in [0.2, 0.25) is 5.91 Å². The van der Waals surface area contributed by atoms with Crippen molar-refractivity contribution in [2.24, 2.45) is 22.2 Å². The topological polar surface area (TPSA) is 163 Å². The van der Waals surface area contributed by atoms with Gasteiger partial charge in [0.15, 0.2) is 0 Å². The second-order valence-electron chi connectivity index (χ2n) is 20.4. The minimum absolute atomic E-state index is 0.0120. The first-order valence-electron chi connectivity index (χ1n) is 24.4. The Hall–Kier alpha value is -5.00. The first-order chi connectivity index (χ1) is 34.4. The van der Waals surface area contributed by atoms with Crippen LogP contribution in [0.5, 0.6) is 0 Å². The van der Waals surface area contributed by atoms with Crippen molar-refractivity contribution in [3.8, 4) is 11.3 Å². The molecule has 3 amide bonds. The molecule has 3 saturated heterocycles. The third-order valence-corrected chi connectivity index (χ3v) is 14.8. The zero-order valence-electron chi connectivity index (χ0n) is 42.2. The largest absolute Gasteiger partial charge is 0.464 e. The van der Waals surface area contributed by atoms with Gasteiger partial charge in [0, 0.05) is 98.7 Å². The average molecular weight is 1070 g/mol. The molecule has 0 aliphatic carbocycles. The lowest BCUT2D eigenvalue weighted by molar-refractivity contribution is -0.155. The fraction of sp³-hybridized carbons (Fsp3) is 0.600. The van der Waals surface area contributed by atoms with E-state index in [0.29, 0.717) is 47.6 Å². The number of allylic oxidation sites excluding steroid dienone is 1. The quantitative estimate of drug-likeness (QED) is 0.0801. The van der Waals surface area contributed by atoms with Crippen molar-refractivity contribution >= 4 is 69.8 Å². The van der Waals surface area contributed by atoms with Crippen molar-refractivity contribution in [1.82, 2.24) is 40.0 Å². The predicted octanol–water partition coefficient (Wildman–Crippen LogP) is 6.36. The Balaban J connectivity index is 1.29. The highest BCUT2D eigenvalue weighted by molar-refractivity contribution is 7.10. The molecule has 73 heavy (non-hydrogen) atoms. The molecule has 4 aliphatic heterocycles. The van der Waals surface area contributed by atoms with Crippen LogP contribution in [0.1, 0.15) is 63.7 Å². The standard InChI is InChI=1S/C50H65ClF5N9O7S/c1-28(2)35(24-71-31-22-63(23-31)47(68)44(51)53)45(66)59-39-19-43-58-40(25-73-43)33-16-32-34(20-49(5,6)27-72-48(69)37-10-9-11-65(60-37)46(39)67)42(64(26-50(54,55)56)41(32)17-36(33)52)18-38(30(4)70-8)57-21-29(3)62-14-12-61(7)13-15-62/h16-18,21,25,28,30-31,35,37,39,44,60H,3,9-15,19-20,22-24,26-27H2,1-2,4-8H3,(H,59,66)/b38-18+,57-21?/t30-,35-,37-,39-,44-/m0/s1. The first kappa shape index (κ1) is 55.7. The summed E-state index contributed by atoms with van der Waals surface area (Å²) in [5, 5.41) is 6.38. The molecule has 0 saturated carbocycles. The molecule has 1 aromatic carbocycles. The van der Waals surface area contributed by atoms with Gasteiger partial charge >= 0.3 is 12.1 Å². The van der Waals surface area contributed by atoms with E-state index in [0.717, 1.165) is 35.1 Å². The highest BCUT2D eigenvalue weighted by Gasteiger charge is 2.39. The van der Waals surface area contributed by atoms with Gasteiger partial charge in [-0.1, -0.05) is 45.9 Å². The molecule has 5 atom stereocenters. The van der Waals surface area contributed by atoms with Gasteiger partial charge in [-0.25, -0.2) is 19.2 Å². The van der Waals surface area contributed by atoms with Crippen molar-refractivity contribution < 1.29 is 55.3 Å². The summed E-state index contributed by atoms with van der Waals surface area (Å²) in [4.78, 5) is 69.4. The number of aliphatic imine (C=N–C) groups is 1. The van der Waals surface area contributed by atoms with Crippen LogP contribution in [0.4, 0.5) is 22.0 Å². The van der Waals surface area contributed by atoms with Gasteiger partial charge in [-0.05, 0) is 62.9 Å². The van der Waals surface area contributed by atoms with Crippen molar-refractivity contribution in [3.63, 3.8) is 0 Å². The number of benzene rings is 1. The van der Waals surface area contributed by atoms with Gasteiger partial charge in [-0.2, -0.15) is 13.2 Å². The molecule has 6 heterocycles. The molecule has 400 valence electrons. The van der Waals surface area contributed by atoms with Gasteiger partial charge in [-0.15, -0.1) is 11.3 Å². The lowest BCUT2D eigenvalue weighted by Crippen LogP contribution is -2.61. The van der Waals surface area contributed by atoms with Crippen LogP contribution in [0, 0.1) is 23.1 Å². The zero-order chi connectivity index (χ0) is 53.1. The summed E-state index contributed by atoms with van der Waals surface area (Å²) in [6, 6.07) is 0.341. The van der Waals surface area contributed by atoms with Crippen molar-refractivity contribution in [1.29, 1.82) is 0 Å². The van der Waals surface area contributed by atoms with E-state index in [9.17, 15) is 36.7 Å². The van der Waals surface area contributed by atoms with Gasteiger partial charge in [0.05, 0.1) is 53.3 Å². The lowest BCUT2D eigenvalue weighted by Gasteiger charge is -2.39. The molecule has 7 rings (SSSR count). The molecule has 16 nitrogen and oxygen atoms in total. The van der Waals surface area contributed by atoms with Crippen molar-refractivity contribution in [2.75, 3.05) is 73.2 Å². The van der Waals surface area contributed by atoms with E-state index in [1.54, 1.807) is 18.5 Å². The maximum atomic E-state index is 16.7. The number of nitrogens with one attached hydrogen (secondary N) is 2. The van der Waals surface area contributed by atoms with Crippen LogP contribution >= 0.6 is 22.9 Å². The number of ether oxygens (including phenoxy) is 3. The number of halogens is 6. The zero-order valence-corrected chi connectivity index (χ0v) is 43.8. The fourth-order valence-corrected chi connectivity index (χ4v) is 10.2. The van der Waals surface area contributed by atoms with Crippen molar-refractivity contribution in [3.05, 3.63) is 57.6 Å². The summed E-state index contributed by atoms with van der Waals surface area (Å²) >= 11 is 6.41. The number of esters is 1. The number of hydrogen-bond donors (Lipinski definition) is 2. The normalized spacial score (nSPS) is 22.1. The summed E-state index contributed by atoms with van der Waals surface area (Å²) in [5.41, 5.74) is 1.43. The number of cyclic esters (lactones) is 1. The molecule has 3 aromatic rings. The number of nitrogens with zero attached hydrogens (tertiary/aromatic N) is 7. The molecule has 2 aromatic heterocycles. The molecule has 0 spiro atoms. The Labute approximate surface area is 430 Å². The molecular formula is C50H65ClF5N9O7S. The monoisotopic (exact) mass is 1070 g/mol. The number of hydrogen-bond acceptors (Lipinski definition) is 13. The molecule has 3 fully saturated rings. The molecule has 4 aliphatic rings. The third-order valence-electron chi connectivity index (χ3n) is 13.8. The number of carbonyl (C=O) groups is 4. The second kappa shape index (κ2) is 23.3. The highest BCUT2D eigenvalue weighted by atomic mass is 35.5. The van der Waals surface area contributed by atoms with Crippen LogP contribution in [0.2, 0.25) is 0 Å². The number of hydrazine groups is 1. The van der Waals surface area contributed by atoms with Gasteiger partial charge in [0.1, 0.15) is 24.4 Å². The summed E-state index contributed by atoms with van der Waals surface area (Å²) in [5.74, 6) is -4.53. The molecular weight excluding hydrogens is 1000 g/mol. The number of alkyl halides is 5. The molecule has 6 bridgehead atoms. The number of thiazole rings is 1. The Bertz CT molecular complexity index is 2590. The maximum absolute atomic E-state index is 16.7. The Morgan fingerprint density at radius 2 is 1.84 bits per heavy atom.